The number of hydrogen-bond donors (Lipinski definition) is 1. The maximum atomic E-state index is 13.3. The predicted octanol–water partition coefficient (Wildman–Crippen LogP) is 4.98. The lowest BCUT2D eigenvalue weighted by Crippen LogP contribution is -2.25. The molecule has 0 aliphatic rings. The summed E-state index contributed by atoms with van der Waals surface area (Å²) >= 11 is 0. The normalized spacial score (nSPS) is 11.5. The maximum absolute atomic E-state index is 13.3. The third-order valence-corrected chi connectivity index (χ3v) is 5.41. The van der Waals surface area contributed by atoms with E-state index >= 15 is 0 Å². The molecule has 5 nitrogen and oxygen atoms in total. The van der Waals surface area contributed by atoms with E-state index in [4.69, 9.17) is 0 Å². The van der Waals surface area contributed by atoms with Crippen LogP contribution in [0.25, 0.3) is 39.1 Å². The Balaban J connectivity index is 1.69. The zero-order valence-electron chi connectivity index (χ0n) is 16.9. The molecule has 0 atom stereocenters. The number of nitrogens with zero attached hydrogens (tertiary/aromatic N) is 2. The summed E-state index contributed by atoms with van der Waals surface area (Å²) < 4.78 is 1.53. The number of rotatable bonds is 4. The zero-order valence-corrected chi connectivity index (χ0v) is 16.9. The average molecular weight is 405 g/mol. The van der Waals surface area contributed by atoms with Gasteiger partial charge in [0.05, 0.1) is 22.1 Å². The van der Waals surface area contributed by atoms with E-state index in [1.807, 2.05) is 78.9 Å². The van der Waals surface area contributed by atoms with Crippen LogP contribution < -0.4 is 5.56 Å². The number of carbonyl (C=O) groups excluding carboxylic acids is 1. The third-order valence-electron chi connectivity index (χ3n) is 5.41. The second-order valence-electron chi connectivity index (χ2n) is 7.33. The fraction of sp³-hybridized carbons (Fsp3) is 0.0385. The number of aromatic nitrogens is 3. The van der Waals surface area contributed by atoms with E-state index in [1.54, 1.807) is 13.1 Å². The molecule has 0 amide bonds. The van der Waals surface area contributed by atoms with Crippen LogP contribution in [0.3, 0.4) is 0 Å². The smallest absolute Gasteiger partial charge is 0.262 e. The Morgan fingerprint density at radius 3 is 2.45 bits per heavy atom. The Morgan fingerprint density at radius 1 is 0.935 bits per heavy atom. The number of fused-ring (bicyclic) bond motifs is 2. The number of imidazole rings is 1. The largest absolute Gasteiger partial charge is 0.338 e. The van der Waals surface area contributed by atoms with Gasteiger partial charge in [0.1, 0.15) is 5.82 Å². The molecule has 0 aliphatic heterocycles. The van der Waals surface area contributed by atoms with Crippen LogP contribution in [0.1, 0.15) is 16.2 Å². The Kier molecular flexibility index (Phi) is 4.56. The Labute approximate surface area is 178 Å². The predicted molar refractivity (Wildman–Crippen MR) is 124 cm³/mol. The number of benzene rings is 3. The van der Waals surface area contributed by atoms with Crippen molar-refractivity contribution in [2.24, 2.45) is 7.05 Å². The first-order valence-corrected chi connectivity index (χ1v) is 9.98. The van der Waals surface area contributed by atoms with E-state index in [0.29, 0.717) is 11.4 Å². The van der Waals surface area contributed by atoms with E-state index in [-0.39, 0.29) is 16.9 Å². The molecular weight excluding hydrogens is 386 g/mol. The lowest BCUT2D eigenvalue weighted by atomic mass is 9.93. The molecule has 5 rings (SSSR count). The van der Waals surface area contributed by atoms with E-state index < -0.39 is 0 Å². The molecule has 3 aromatic carbocycles. The molecule has 1 N–H and O–H groups in total. The highest BCUT2D eigenvalue weighted by atomic mass is 16.1. The van der Waals surface area contributed by atoms with Crippen LogP contribution in [-0.4, -0.2) is 20.3 Å². The molecule has 5 aromatic rings. The molecule has 5 heteroatoms. The van der Waals surface area contributed by atoms with Crippen LogP contribution in [-0.2, 0) is 7.05 Å². The quantitative estimate of drug-likeness (QED) is 0.339. The molecule has 2 heterocycles. The van der Waals surface area contributed by atoms with Crippen molar-refractivity contribution in [3.63, 3.8) is 0 Å². The minimum atomic E-state index is -0.356. The van der Waals surface area contributed by atoms with Crippen molar-refractivity contribution >= 4 is 33.8 Å². The molecule has 0 fully saturated rings. The Hall–Kier alpha value is -4.25. The van der Waals surface area contributed by atoms with Crippen molar-refractivity contribution in [1.29, 1.82) is 0 Å². The average Bonchev–Trinajstić information content (AvgIpc) is 3.23. The summed E-state index contributed by atoms with van der Waals surface area (Å²) in [5, 5.41) is 0.858. The number of pyridine rings is 1. The van der Waals surface area contributed by atoms with Gasteiger partial charge in [0, 0.05) is 18.0 Å². The summed E-state index contributed by atoms with van der Waals surface area (Å²) in [6.45, 7) is 0. The number of nitrogens with one attached hydrogen (secondary N) is 1. The van der Waals surface area contributed by atoms with Crippen molar-refractivity contribution in [1.82, 2.24) is 14.5 Å². The highest BCUT2D eigenvalue weighted by Gasteiger charge is 2.20. The van der Waals surface area contributed by atoms with Gasteiger partial charge in [0.25, 0.3) is 5.56 Å². The van der Waals surface area contributed by atoms with E-state index in [9.17, 15) is 9.59 Å². The van der Waals surface area contributed by atoms with Gasteiger partial charge < -0.3 is 9.55 Å². The number of H-pyrrole nitrogens is 1. The van der Waals surface area contributed by atoms with E-state index in [2.05, 4.69) is 9.97 Å². The molecule has 0 saturated carbocycles. The molecule has 0 unspecified atom stereocenters. The summed E-state index contributed by atoms with van der Waals surface area (Å²) in [4.78, 5) is 34.2. The van der Waals surface area contributed by atoms with Crippen molar-refractivity contribution in [3.05, 3.63) is 107 Å². The van der Waals surface area contributed by atoms with Crippen LogP contribution in [0.4, 0.5) is 0 Å². The molecule has 0 aliphatic carbocycles. The van der Waals surface area contributed by atoms with Gasteiger partial charge in [-0.05, 0) is 35.9 Å². The number of carbonyl (C=O) groups is 1. The second-order valence-corrected chi connectivity index (χ2v) is 7.33. The van der Waals surface area contributed by atoms with Gasteiger partial charge in [-0.1, -0.05) is 60.7 Å². The fourth-order valence-electron chi connectivity index (χ4n) is 3.92. The minimum Gasteiger partial charge on any atom is -0.338 e. The summed E-state index contributed by atoms with van der Waals surface area (Å²) in [6.07, 6.45) is 3.03. The SMILES string of the molecule is Cn1c(=O)c(C(=O)/C=C/c2nc3ccccc3[nH]2)c(-c2ccccc2)c2ccccc21. The summed E-state index contributed by atoms with van der Waals surface area (Å²) in [5.74, 6) is 0.207. The molecule has 0 bridgehead atoms. The molecule has 0 saturated heterocycles. The van der Waals surface area contributed by atoms with Gasteiger partial charge in [0.15, 0.2) is 5.78 Å². The maximum Gasteiger partial charge on any atom is 0.262 e. The van der Waals surface area contributed by atoms with Crippen LogP contribution >= 0.6 is 0 Å². The summed E-state index contributed by atoms with van der Waals surface area (Å²) in [5.41, 5.74) is 3.80. The monoisotopic (exact) mass is 405 g/mol. The van der Waals surface area contributed by atoms with Crippen LogP contribution in [0.5, 0.6) is 0 Å². The number of ketones is 1. The first-order valence-electron chi connectivity index (χ1n) is 9.98. The van der Waals surface area contributed by atoms with E-state index in [0.717, 1.165) is 27.5 Å². The van der Waals surface area contributed by atoms with Gasteiger partial charge in [-0.15, -0.1) is 0 Å². The lowest BCUT2D eigenvalue weighted by molar-refractivity contribution is 0.104. The number of para-hydroxylation sites is 3. The number of aromatic amines is 1. The third kappa shape index (κ3) is 3.26. The fourth-order valence-corrected chi connectivity index (χ4v) is 3.92. The minimum absolute atomic E-state index is 0.153. The molecule has 150 valence electrons. The highest BCUT2D eigenvalue weighted by molar-refractivity contribution is 6.15. The Morgan fingerprint density at radius 2 is 1.65 bits per heavy atom. The highest BCUT2D eigenvalue weighted by Crippen LogP contribution is 2.30. The zero-order chi connectivity index (χ0) is 21.4. The van der Waals surface area contributed by atoms with Gasteiger partial charge in [-0.25, -0.2) is 4.98 Å². The molecule has 0 radical (unpaired) electrons. The van der Waals surface area contributed by atoms with E-state index in [1.165, 1.54) is 10.6 Å². The topological polar surface area (TPSA) is 67.8 Å². The van der Waals surface area contributed by atoms with Crippen LogP contribution in [0.15, 0.2) is 89.7 Å². The van der Waals surface area contributed by atoms with Gasteiger partial charge in [0.2, 0.25) is 0 Å². The van der Waals surface area contributed by atoms with Crippen molar-refractivity contribution in [2.75, 3.05) is 0 Å². The van der Waals surface area contributed by atoms with Crippen LogP contribution in [0.2, 0.25) is 0 Å². The van der Waals surface area contributed by atoms with Gasteiger partial charge >= 0.3 is 0 Å². The van der Waals surface area contributed by atoms with Crippen molar-refractivity contribution in [3.8, 4) is 11.1 Å². The van der Waals surface area contributed by atoms with Crippen molar-refractivity contribution in [2.45, 2.75) is 0 Å². The number of hydrogen-bond acceptors (Lipinski definition) is 3. The number of allylic oxidation sites excluding steroid dienone is 1. The lowest BCUT2D eigenvalue weighted by Gasteiger charge is -2.14. The van der Waals surface area contributed by atoms with Crippen LogP contribution in [0, 0.1) is 0 Å². The number of aryl methyl sites for hydroxylation is 1. The molecular formula is C26H19N3O2. The first kappa shape index (κ1) is 18.8. The Bertz CT molecular complexity index is 1490. The van der Waals surface area contributed by atoms with Gasteiger partial charge in [-0.3, -0.25) is 9.59 Å². The molecule has 31 heavy (non-hydrogen) atoms. The standard InChI is InChI=1S/C26H19N3O2/c1-29-21-14-8-5-11-18(21)24(17-9-3-2-4-10-17)25(26(29)31)22(30)15-16-23-27-19-12-6-7-13-20(19)28-23/h2-16H,1H3,(H,27,28)/b16-15+. The van der Waals surface area contributed by atoms with Crippen molar-refractivity contribution < 1.29 is 4.79 Å². The summed E-state index contributed by atoms with van der Waals surface area (Å²) in [6, 6.07) is 24.8. The molecule has 0 spiro atoms. The second kappa shape index (κ2) is 7.54. The summed E-state index contributed by atoms with van der Waals surface area (Å²) in [7, 11) is 1.69. The van der Waals surface area contributed by atoms with Gasteiger partial charge in [-0.2, -0.15) is 0 Å². The molecule has 2 aromatic heterocycles. The first-order chi connectivity index (χ1) is 15.1.